The van der Waals surface area contributed by atoms with Gasteiger partial charge >= 0.3 is 0 Å². The van der Waals surface area contributed by atoms with Crippen LogP contribution in [0.2, 0.25) is 5.02 Å². The second-order valence-electron chi connectivity index (χ2n) is 5.41. The summed E-state index contributed by atoms with van der Waals surface area (Å²) in [5.74, 6) is -0.00814. The Kier molecular flexibility index (Phi) is 5.92. The zero-order valence-corrected chi connectivity index (χ0v) is 15.6. The maximum absolute atomic E-state index is 12.6. The number of rotatable bonds is 6. The molecule has 2 aromatic carbocycles. The molecule has 0 spiro atoms. The molecule has 25 heavy (non-hydrogen) atoms. The van der Waals surface area contributed by atoms with E-state index in [4.69, 9.17) is 16.3 Å². The number of hydrogen-bond donors (Lipinski definition) is 1. The highest BCUT2D eigenvalue weighted by Crippen LogP contribution is 2.26. The van der Waals surface area contributed by atoms with E-state index < -0.39 is 22.0 Å². The van der Waals surface area contributed by atoms with Gasteiger partial charge in [-0.2, -0.15) is 0 Å². The van der Waals surface area contributed by atoms with E-state index in [9.17, 15) is 13.2 Å². The van der Waals surface area contributed by atoms with Gasteiger partial charge in [0.15, 0.2) is 0 Å². The Hall–Kier alpha value is -2.25. The second-order valence-corrected chi connectivity index (χ2v) is 7.67. The molecule has 1 amide bonds. The van der Waals surface area contributed by atoms with Gasteiger partial charge in [-0.1, -0.05) is 29.8 Å². The zero-order valence-electron chi connectivity index (χ0n) is 14.1. The summed E-state index contributed by atoms with van der Waals surface area (Å²) >= 11 is 6.04. The summed E-state index contributed by atoms with van der Waals surface area (Å²) in [5, 5.41) is 3.02. The Morgan fingerprint density at radius 3 is 2.48 bits per heavy atom. The predicted molar refractivity (Wildman–Crippen MR) is 99.9 cm³/mol. The molecule has 0 fully saturated rings. The molecule has 0 radical (unpaired) electrons. The van der Waals surface area contributed by atoms with E-state index in [-0.39, 0.29) is 0 Å². The average molecular weight is 383 g/mol. The molecule has 6 nitrogen and oxygen atoms in total. The van der Waals surface area contributed by atoms with Crippen LogP contribution in [-0.2, 0) is 14.8 Å². The first-order valence-electron chi connectivity index (χ1n) is 7.43. The lowest BCUT2D eigenvalue weighted by atomic mass is 10.2. The fourth-order valence-corrected chi connectivity index (χ4v) is 3.71. The van der Waals surface area contributed by atoms with Gasteiger partial charge in [0, 0.05) is 6.07 Å². The Morgan fingerprint density at radius 2 is 1.88 bits per heavy atom. The molecule has 0 bridgehead atoms. The maximum Gasteiger partial charge on any atom is 0.248 e. The van der Waals surface area contributed by atoms with Crippen LogP contribution in [0.5, 0.6) is 5.75 Å². The highest BCUT2D eigenvalue weighted by atomic mass is 35.5. The summed E-state index contributed by atoms with van der Waals surface area (Å²) in [5.41, 5.74) is 0.753. The van der Waals surface area contributed by atoms with Crippen molar-refractivity contribution in [3.63, 3.8) is 0 Å². The van der Waals surface area contributed by atoms with Gasteiger partial charge in [-0.25, -0.2) is 8.42 Å². The number of sulfonamides is 1. The third-order valence-corrected chi connectivity index (χ3v) is 5.10. The molecular formula is C17H19ClN2O4S. The summed E-state index contributed by atoms with van der Waals surface area (Å²) in [4.78, 5) is 12.6. The summed E-state index contributed by atoms with van der Waals surface area (Å²) in [6.45, 7) is 1.51. The lowest BCUT2D eigenvalue weighted by Gasteiger charge is -2.28. The van der Waals surface area contributed by atoms with Gasteiger partial charge in [-0.05, 0) is 31.2 Å². The van der Waals surface area contributed by atoms with Crippen molar-refractivity contribution in [2.24, 2.45) is 0 Å². The molecular weight excluding hydrogens is 364 g/mol. The molecule has 0 aliphatic rings. The number of halogens is 1. The van der Waals surface area contributed by atoms with E-state index in [0.29, 0.717) is 22.1 Å². The summed E-state index contributed by atoms with van der Waals surface area (Å²) in [6, 6.07) is 12.3. The Bertz CT molecular complexity index is 870. The number of methoxy groups -OCH3 is 1. The van der Waals surface area contributed by atoms with Crippen LogP contribution in [0.15, 0.2) is 48.5 Å². The van der Waals surface area contributed by atoms with E-state index in [1.54, 1.807) is 48.5 Å². The molecule has 1 atom stereocenters. The van der Waals surface area contributed by atoms with Gasteiger partial charge in [0.1, 0.15) is 11.8 Å². The molecule has 0 aromatic heterocycles. The molecule has 0 saturated carbocycles. The predicted octanol–water partition coefficient (Wildman–Crippen LogP) is 3.14. The minimum Gasteiger partial charge on any atom is -0.497 e. The Labute approximate surface area is 152 Å². The Morgan fingerprint density at radius 1 is 1.20 bits per heavy atom. The van der Waals surface area contributed by atoms with Gasteiger partial charge in [-0.15, -0.1) is 0 Å². The van der Waals surface area contributed by atoms with Gasteiger partial charge in [0.2, 0.25) is 15.9 Å². The van der Waals surface area contributed by atoms with Crippen LogP contribution in [0.1, 0.15) is 6.92 Å². The van der Waals surface area contributed by atoms with Crippen molar-refractivity contribution in [1.82, 2.24) is 0 Å². The van der Waals surface area contributed by atoms with Crippen LogP contribution in [0.25, 0.3) is 0 Å². The molecule has 0 aliphatic carbocycles. The number of anilines is 2. The lowest BCUT2D eigenvalue weighted by molar-refractivity contribution is -0.116. The molecule has 0 saturated heterocycles. The van der Waals surface area contributed by atoms with Crippen molar-refractivity contribution >= 4 is 38.9 Å². The number of amides is 1. The highest BCUT2D eigenvalue weighted by molar-refractivity contribution is 7.92. The lowest BCUT2D eigenvalue weighted by Crippen LogP contribution is -2.45. The Balaban J connectivity index is 2.34. The van der Waals surface area contributed by atoms with E-state index in [1.807, 2.05) is 0 Å². The first-order valence-corrected chi connectivity index (χ1v) is 9.65. The number of para-hydroxylation sites is 1. The van der Waals surface area contributed by atoms with E-state index in [0.717, 1.165) is 10.6 Å². The smallest absolute Gasteiger partial charge is 0.248 e. The summed E-state index contributed by atoms with van der Waals surface area (Å²) in [7, 11) is -2.22. The fourth-order valence-electron chi connectivity index (χ4n) is 2.36. The first-order chi connectivity index (χ1) is 11.7. The maximum atomic E-state index is 12.6. The van der Waals surface area contributed by atoms with Gasteiger partial charge < -0.3 is 10.1 Å². The van der Waals surface area contributed by atoms with E-state index in [1.165, 1.54) is 14.0 Å². The minimum absolute atomic E-state index is 0.337. The molecule has 0 unspecified atom stereocenters. The highest BCUT2D eigenvalue weighted by Gasteiger charge is 2.29. The standard InChI is InChI=1S/C17H19ClN2O4S/c1-12(17(21)19-16-10-5-4-9-15(16)18)20(25(3,22)23)13-7-6-8-14(11-13)24-2/h4-12H,1-3H3,(H,19,21)/t12-/m1/s1. The van der Waals surface area contributed by atoms with Crippen molar-refractivity contribution in [3.05, 3.63) is 53.6 Å². The number of nitrogens with one attached hydrogen (secondary N) is 1. The van der Waals surface area contributed by atoms with Gasteiger partial charge in [-0.3, -0.25) is 9.10 Å². The van der Waals surface area contributed by atoms with E-state index in [2.05, 4.69) is 5.32 Å². The normalized spacial score (nSPS) is 12.3. The molecule has 0 heterocycles. The number of hydrogen-bond acceptors (Lipinski definition) is 4. The van der Waals surface area contributed by atoms with Crippen molar-refractivity contribution in [2.45, 2.75) is 13.0 Å². The number of carbonyl (C=O) groups excluding carboxylic acids is 1. The number of nitrogens with zero attached hydrogens (tertiary/aromatic N) is 1. The van der Waals surface area contributed by atoms with Crippen molar-refractivity contribution in [1.29, 1.82) is 0 Å². The van der Waals surface area contributed by atoms with Crippen LogP contribution in [-0.4, -0.2) is 33.7 Å². The number of ether oxygens (including phenoxy) is 1. The van der Waals surface area contributed by atoms with Crippen molar-refractivity contribution < 1.29 is 17.9 Å². The summed E-state index contributed by atoms with van der Waals surface area (Å²) in [6.07, 6.45) is 1.05. The number of benzene rings is 2. The average Bonchev–Trinajstić information content (AvgIpc) is 2.56. The van der Waals surface area contributed by atoms with Crippen LogP contribution in [0.4, 0.5) is 11.4 Å². The zero-order chi connectivity index (χ0) is 18.6. The van der Waals surface area contributed by atoms with Crippen LogP contribution in [0, 0.1) is 0 Å². The van der Waals surface area contributed by atoms with Gasteiger partial charge in [0.05, 0.1) is 29.8 Å². The van der Waals surface area contributed by atoms with Crippen LogP contribution < -0.4 is 14.4 Å². The van der Waals surface area contributed by atoms with E-state index >= 15 is 0 Å². The van der Waals surface area contributed by atoms with Gasteiger partial charge in [0.25, 0.3) is 0 Å². The van der Waals surface area contributed by atoms with Crippen LogP contribution >= 0.6 is 11.6 Å². The molecule has 2 rings (SSSR count). The molecule has 2 aromatic rings. The first kappa shape index (κ1) is 19.1. The quantitative estimate of drug-likeness (QED) is 0.832. The molecule has 0 aliphatic heterocycles. The topological polar surface area (TPSA) is 75.7 Å². The van der Waals surface area contributed by atoms with Crippen LogP contribution in [0.3, 0.4) is 0 Å². The van der Waals surface area contributed by atoms with Crippen molar-refractivity contribution in [3.8, 4) is 5.75 Å². The van der Waals surface area contributed by atoms with Crippen molar-refractivity contribution in [2.75, 3.05) is 23.0 Å². The fraction of sp³-hybridized carbons (Fsp3) is 0.235. The molecule has 1 N–H and O–H groups in total. The minimum atomic E-state index is -3.71. The molecule has 8 heteroatoms. The largest absolute Gasteiger partial charge is 0.497 e. The SMILES string of the molecule is COc1cccc(N([C@H](C)C(=O)Nc2ccccc2Cl)S(C)(=O)=O)c1. The monoisotopic (exact) mass is 382 g/mol. The molecule has 134 valence electrons. The number of carbonyl (C=O) groups is 1. The third-order valence-electron chi connectivity index (χ3n) is 3.53. The third kappa shape index (κ3) is 4.64. The summed E-state index contributed by atoms with van der Waals surface area (Å²) < 4.78 is 30.7. The second kappa shape index (κ2) is 7.76.